The zero-order valence-corrected chi connectivity index (χ0v) is 14.7. The molecular weight excluding hydrogens is 326 g/mol. The van der Waals surface area contributed by atoms with E-state index in [1.54, 1.807) is 4.90 Å². The predicted molar refractivity (Wildman–Crippen MR) is 101 cm³/mol. The average Bonchev–Trinajstić information content (AvgIpc) is 3.00. The van der Waals surface area contributed by atoms with Gasteiger partial charge < -0.3 is 15.4 Å². The average molecular weight is 349 g/mol. The Morgan fingerprint density at radius 3 is 2.12 bits per heavy atom. The molecule has 3 N–H and O–H groups in total. The number of amides is 1. The maximum Gasteiger partial charge on any atom is 0.409 e. The maximum atomic E-state index is 12.5. The van der Waals surface area contributed by atoms with Crippen molar-refractivity contribution in [3.8, 4) is 11.1 Å². The number of amidine groups is 1. The van der Waals surface area contributed by atoms with Crippen molar-refractivity contribution in [2.75, 3.05) is 19.7 Å². The Kier molecular flexibility index (Phi) is 4.37. The van der Waals surface area contributed by atoms with Gasteiger partial charge >= 0.3 is 6.09 Å². The highest BCUT2D eigenvalue weighted by molar-refractivity contribution is 5.80. The number of benzene rings is 2. The van der Waals surface area contributed by atoms with Crippen molar-refractivity contribution < 1.29 is 9.53 Å². The van der Waals surface area contributed by atoms with Gasteiger partial charge in [0.2, 0.25) is 0 Å². The van der Waals surface area contributed by atoms with Gasteiger partial charge in [-0.25, -0.2) is 4.79 Å². The first kappa shape index (κ1) is 16.6. The second-order valence-corrected chi connectivity index (χ2v) is 7.02. The molecule has 1 heterocycles. The number of piperidine rings is 1. The van der Waals surface area contributed by atoms with Crippen LogP contribution >= 0.6 is 0 Å². The zero-order valence-electron chi connectivity index (χ0n) is 14.7. The Morgan fingerprint density at radius 1 is 1.04 bits per heavy atom. The van der Waals surface area contributed by atoms with Crippen LogP contribution in [0.25, 0.3) is 11.1 Å². The van der Waals surface area contributed by atoms with Gasteiger partial charge in [0.15, 0.2) is 0 Å². The van der Waals surface area contributed by atoms with Gasteiger partial charge in [0.05, 0.1) is 5.84 Å². The van der Waals surface area contributed by atoms with Crippen LogP contribution in [0, 0.1) is 11.3 Å². The fourth-order valence-electron chi connectivity index (χ4n) is 4.06. The molecule has 26 heavy (non-hydrogen) atoms. The van der Waals surface area contributed by atoms with Gasteiger partial charge in [-0.05, 0) is 35.1 Å². The topological polar surface area (TPSA) is 79.4 Å². The molecule has 2 aliphatic rings. The van der Waals surface area contributed by atoms with E-state index in [1.807, 2.05) is 24.3 Å². The van der Waals surface area contributed by atoms with Crippen LogP contribution in [0.1, 0.15) is 29.9 Å². The van der Waals surface area contributed by atoms with Crippen molar-refractivity contribution in [2.45, 2.75) is 18.8 Å². The van der Waals surface area contributed by atoms with E-state index in [2.05, 4.69) is 24.3 Å². The van der Waals surface area contributed by atoms with E-state index in [0.29, 0.717) is 19.7 Å². The number of carbonyl (C=O) groups is 1. The highest BCUT2D eigenvalue weighted by Gasteiger charge is 2.30. The third-order valence-electron chi connectivity index (χ3n) is 5.53. The lowest BCUT2D eigenvalue weighted by atomic mass is 9.96. The van der Waals surface area contributed by atoms with E-state index in [1.165, 1.54) is 22.3 Å². The standard InChI is InChI=1S/C21H23N3O2/c22-20(23)14-9-11-24(12-10-14)21(25)26-13-19-17-7-3-1-5-15(17)16-6-2-4-8-18(16)19/h1-8,14,19H,9-13H2,(H3,22,23). The van der Waals surface area contributed by atoms with Gasteiger partial charge in [0.25, 0.3) is 0 Å². The number of nitrogens with two attached hydrogens (primary N) is 1. The normalized spacial score (nSPS) is 16.8. The van der Waals surface area contributed by atoms with E-state index in [9.17, 15) is 4.79 Å². The van der Waals surface area contributed by atoms with Crippen LogP contribution < -0.4 is 5.73 Å². The molecule has 0 radical (unpaired) electrons. The van der Waals surface area contributed by atoms with Crippen LogP contribution in [0.2, 0.25) is 0 Å². The van der Waals surface area contributed by atoms with Gasteiger partial charge in [-0.1, -0.05) is 48.5 Å². The number of fused-ring (bicyclic) bond motifs is 3. The molecule has 5 nitrogen and oxygen atoms in total. The van der Waals surface area contributed by atoms with Gasteiger partial charge in [-0.3, -0.25) is 5.41 Å². The molecule has 0 bridgehead atoms. The largest absolute Gasteiger partial charge is 0.448 e. The maximum absolute atomic E-state index is 12.5. The Morgan fingerprint density at radius 2 is 1.58 bits per heavy atom. The van der Waals surface area contributed by atoms with Crippen LogP contribution in [-0.4, -0.2) is 36.5 Å². The first-order valence-electron chi connectivity index (χ1n) is 9.09. The summed E-state index contributed by atoms with van der Waals surface area (Å²) in [6.45, 7) is 1.54. The molecule has 1 saturated heterocycles. The third-order valence-corrected chi connectivity index (χ3v) is 5.53. The summed E-state index contributed by atoms with van der Waals surface area (Å²) in [5, 5.41) is 7.54. The van der Waals surface area contributed by atoms with E-state index >= 15 is 0 Å². The van der Waals surface area contributed by atoms with E-state index < -0.39 is 0 Å². The minimum Gasteiger partial charge on any atom is -0.448 e. The summed E-state index contributed by atoms with van der Waals surface area (Å²) in [6, 6.07) is 16.6. The molecule has 2 aromatic carbocycles. The molecule has 1 amide bonds. The fourth-order valence-corrected chi connectivity index (χ4v) is 4.06. The lowest BCUT2D eigenvalue weighted by Gasteiger charge is -2.31. The van der Waals surface area contributed by atoms with Crippen molar-refractivity contribution in [2.24, 2.45) is 11.7 Å². The number of hydrogen-bond acceptors (Lipinski definition) is 3. The van der Waals surface area contributed by atoms with Gasteiger partial charge in [0, 0.05) is 24.9 Å². The summed E-state index contributed by atoms with van der Waals surface area (Å²) < 4.78 is 5.68. The van der Waals surface area contributed by atoms with E-state index in [-0.39, 0.29) is 23.8 Å². The molecule has 1 aliphatic carbocycles. The van der Waals surface area contributed by atoms with Crippen LogP contribution in [0.4, 0.5) is 4.79 Å². The molecule has 0 spiro atoms. The second kappa shape index (κ2) is 6.83. The number of rotatable bonds is 3. The molecular formula is C21H23N3O2. The fraction of sp³-hybridized carbons (Fsp3) is 0.333. The molecule has 0 unspecified atom stereocenters. The van der Waals surface area contributed by atoms with Crippen LogP contribution in [0.15, 0.2) is 48.5 Å². The van der Waals surface area contributed by atoms with Crippen molar-refractivity contribution in [1.82, 2.24) is 4.90 Å². The van der Waals surface area contributed by atoms with Crippen molar-refractivity contribution in [3.63, 3.8) is 0 Å². The van der Waals surface area contributed by atoms with E-state index in [0.717, 1.165) is 12.8 Å². The molecule has 134 valence electrons. The van der Waals surface area contributed by atoms with Crippen molar-refractivity contribution in [3.05, 3.63) is 59.7 Å². The molecule has 0 aromatic heterocycles. The Hall–Kier alpha value is -2.82. The van der Waals surface area contributed by atoms with Crippen molar-refractivity contribution in [1.29, 1.82) is 5.41 Å². The molecule has 5 heteroatoms. The Bertz CT molecular complexity index is 795. The quantitative estimate of drug-likeness (QED) is 0.656. The number of ether oxygens (including phenoxy) is 1. The molecule has 0 atom stereocenters. The highest BCUT2D eigenvalue weighted by atomic mass is 16.6. The zero-order chi connectivity index (χ0) is 18.1. The number of likely N-dealkylation sites (tertiary alicyclic amines) is 1. The smallest absolute Gasteiger partial charge is 0.409 e. The molecule has 4 rings (SSSR count). The lowest BCUT2D eigenvalue weighted by molar-refractivity contribution is 0.0897. The van der Waals surface area contributed by atoms with Gasteiger partial charge in [-0.2, -0.15) is 0 Å². The second-order valence-electron chi connectivity index (χ2n) is 7.02. The third kappa shape index (κ3) is 2.94. The predicted octanol–water partition coefficient (Wildman–Crippen LogP) is 3.58. The number of nitrogens with one attached hydrogen (secondary N) is 1. The summed E-state index contributed by atoms with van der Waals surface area (Å²) in [4.78, 5) is 14.2. The highest BCUT2D eigenvalue weighted by Crippen LogP contribution is 2.44. The first-order valence-corrected chi connectivity index (χ1v) is 9.09. The molecule has 1 fully saturated rings. The van der Waals surface area contributed by atoms with Gasteiger partial charge in [-0.15, -0.1) is 0 Å². The summed E-state index contributed by atoms with van der Waals surface area (Å²) in [5.74, 6) is 0.394. The Labute approximate surface area is 153 Å². The molecule has 2 aromatic rings. The summed E-state index contributed by atoms with van der Waals surface area (Å²) in [7, 11) is 0. The SMILES string of the molecule is N=C(N)C1CCN(C(=O)OCC2c3ccccc3-c3ccccc32)CC1. The lowest BCUT2D eigenvalue weighted by Crippen LogP contribution is -2.42. The Balaban J connectivity index is 1.44. The number of hydrogen-bond donors (Lipinski definition) is 2. The van der Waals surface area contributed by atoms with Gasteiger partial charge in [0.1, 0.15) is 6.61 Å². The van der Waals surface area contributed by atoms with Crippen molar-refractivity contribution >= 4 is 11.9 Å². The van der Waals surface area contributed by atoms with Crippen LogP contribution in [0.3, 0.4) is 0 Å². The summed E-state index contributed by atoms with van der Waals surface area (Å²) >= 11 is 0. The summed E-state index contributed by atoms with van der Waals surface area (Å²) in [5.41, 5.74) is 10.5. The van der Waals surface area contributed by atoms with Crippen LogP contribution in [-0.2, 0) is 4.74 Å². The molecule has 1 aliphatic heterocycles. The minimum absolute atomic E-state index is 0.0844. The number of nitrogens with zero attached hydrogens (tertiary/aromatic N) is 1. The molecule has 0 saturated carbocycles. The minimum atomic E-state index is -0.270. The van der Waals surface area contributed by atoms with E-state index in [4.69, 9.17) is 15.9 Å². The first-order chi connectivity index (χ1) is 12.6. The summed E-state index contributed by atoms with van der Waals surface area (Å²) in [6.07, 6.45) is 1.20. The van der Waals surface area contributed by atoms with Crippen LogP contribution in [0.5, 0.6) is 0 Å². The monoisotopic (exact) mass is 349 g/mol. The number of carbonyl (C=O) groups excluding carboxylic acids is 1.